The summed E-state index contributed by atoms with van der Waals surface area (Å²) in [6, 6.07) is 13.5. The molecule has 13 nitrogen and oxygen atoms in total. The molecule has 0 bridgehead atoms. The summed E-state index contributed by atoms with van der Waals surface area (Å²) in [5.74, 6) is 0.170. The molecule has 0 spiro atoms. The average molecular weight is 704 g/mol. The van der Waals surface area contributed by atoms with Gasteiger partial charge >= 0.3 is 6.01 Å². The van der Waals surface area contributed by atoms with E-state index in [0.717, 1.165) is 5.56 Å². The molecule has 0 saturated heterocycles. The summed E-state index contributed by atoms with van der Waals surface area (Å²) in [5, 5.41) is 12.7. The summed E-state index contributed by atoms with van der Waals surface area (Å²) in [5.41, 5.74) is 0.807. The van der Waals surface area contributed by atoms with Gasteiger partial charge in [0, 0.05) is 18.9 Å². The van der Waals surface area contributed by atoms with Gasteiger partial charge in [-0.15, -0.1) is 0 Å². The van der Waals surface area contributed by atoms with E-state index in [1.807, 2.05) is 20.8 Å². The van der Waals surface area contributed by atoms with Crippen molar-refractivity contribution in [1.29, 1.82) is 0 Å². The molecule has 0 aliphatic rings. The zero-order valence-corrected chi connectivity index (χ0v) is 27.8. The number of nitrogens with zero attached hydrogens (tertiary/aromatic N) is 4. The molecular formula is C30H35BrN6O7S. The summed E-state index contributed by atoms with van der Waals surface area (Å²) in [6.45, 7) is 7.76. The first kappa shape index (κ1) is 33.7. The van der Waals surface area contributed by atoms with Crippen LogP contribution in [0.5, 0.6) is 29.1 Å². The SMILES string of the molecule is COc1ccccc1Oc1c(NS(=O)(=O)c2ccc(C(C)(C)C)cc2)nc(NCC(C)O)nc1OCCOc1ncc(Br)cn1. The lowest BCUT2D eigenvalue weighted by molar-refractivity contribution is 0.197. The van der Waals surface area contributed by atoms with Crippen LogP contribution in [-0.2, 0) is 15.4 Å². The van der Waals surface area contributed by atoms with Gasteiger partial charge in [-0.3, -0.25) is 4.72 Å². The van der Waals surface area contributed by atoms with E-state index in [4.69, 9.17) is 18.9 Å². The number of sulfonamides is 1. The van der Waals surface area contributed by atoms with Crippen molar-refractivity contribution in [3.05, 3.63) is 71.0 Å². The van der Waals surface area contributed by atoms with Crippen LogP contribution in [0, 0.1) is 0 Å². The van der Waals surface area contributed by atoms with Crippen molar-refractivity contribution in [2.24, 2.45) is 0 Å². The Bertz CT molecular complexity index is 1680. The van der Waals surface area contributed by atoms with E-state index in [-0.39, 0.29) is 65.2 Å². The molecule has 4 aromatic rings. The third kappa shape index (κ3) is 9.39. The highest BCUT2D eigenvalue weighted by Gasteiger charge is 2.26. The molecule has 0 saturated carbocycles. The van der Waals surface area contributed by atoms with Crippen LogP contribution in [0.4, 0.5) is 11.8 Å². The van der Waals surface area contributed by atoms with Crippen LogP contribution in [0.25, 0.3) is 0 Å². The number of hydrogen-bond donors (Lipinski definition) is 3. The average Bonchev–Trinajstić information content (AvgIpc) is 3.00. The second-order valence-electron chi connectivity index (χ2n) is 10.8. The molecule has 4 rings (SSSR count). The fraction of sp³-hybridized carbons (Fsp3) is 0.333. The van der Waals surface area contributed by atoms with Crippen LogP contribution < -0.4 is 29.0 Å². The zero-order chi connectivity index (χ0) is 32.6. The van der Waals surface area contributed by atoms with Gasteiger partial charge in [0.25, 0.3) is 15.9 Å². The Kier molecular flexibility index (Phi) is 11.0. The molecule has 3 N–H and O–H groups in total. The number of rotatable bonds is 14. The number of halogens is 1. The van der Waals surface area contributed by atoms with Crippen LogP contribution in [-0.4, -0.2) is 66.4 Å². The predicted molar refractivity (Wildman–Crippen MR) is 172 cm³/mol. The van der Waals surface area contributed by atoms with Gasteiger partial charge in [-0.05, 0) is 58.1 Å². The maximum absolute atomic E-state index is 13.6. The Labute approximate surface area is 270 Å². The topological polar surface area (TPSA) is 167 Å². The van der Waals surface area contributed by atoms with Crippen molar-refractivity contribution in [1.82, 2.24) is 19.9 Å². The number of benzene rings is 2. The smallest absolute Gasteiger partial charge is 0.316 e. The van der Waals surface area contributed by atoms with Gasteiger partial charge in [0.1, 0.15) is 13.2 Å². The molecule has 0 amide bonds. The van der Waals surface area contributed by atoms with Gasteiger partial charge in [0.05, 0.1) is 22.6 Å². The number of hydrogen-bond acceptors (Lipinski definition) is 12. The molecule has 2 aromatic heterocycles. The molecule has 0 radical (unpaired) electrons. The van der Waals surface area contributed by atoms with E-state index < -0.39 is 16.1 Å². The second-order valence-corrected chi connectivity index (χ2v) is 13.4. The molecule has 0 aliphatic carbocycles. The Hall–Kier alpha value is -4.21. The van der Waals surface area contributed by atoms with Crippen molar-refractivity contribution in [2.75, 3.05) is 36.9 Å². The number of aromatic nitrogens is 4. The normalized spacial score (nSPS) is 12.2. The fourth-order valence-corrected chi connectivity index (χ4v) is 5.00. The standard InChI is InChI=1S/C30H35BrN6O7S/c1-19(38)16-32-28-35-26(37-45(39,40)22-12-10-20(11-13-22)30(2,3)4)25(44-24-9-7-6-8-23(24)41-5)27(36-28)42-14-15-43-29-33-17-21(31)18-34-29/h6-13,17-19,38H,14-16H2,1-5H3,(H2,32,35,36,37). The lowest BCUT2D eigenvalue weighted by Gasteiger charge is -2.20. The highest BCUT2D eigenvalue weighted by Crippen LogP contribution is 2.41. The van der Waals surface area contributed by atoms with Gasteiger partial charge in [0.2, 0.25) is 11.7 Å². The first-order valence-electron chi connectivity index (χ1n) is 13.9. The zero-order valence-electron chi connectivity index (χ0n) is 25.4. The van der Waals surface area contributed by atoms with E-state index in [1.165, 1.54) is 19.2 Å². The fourth-order valence-electron chi connectivity index (χ4n) is 3.79. The largest absolute Gasteiger partial charge is 0.493 e. The molecule has 15 heteroatoms. The molecule has 240 valence electrons. The van der Waals surface area contributed by atoms with Gasteiger partial charge in [0.15, 0.2) is 17.3 Å². The molecule has 0 aliphatic heterocycles. The Morgan fingerprint density at radius 3 is 2.22 bits per heavy atom. The number of methoxy groups -OCH3 is 1. The Morgan fingerprint density at radius 2 is 1.60 bits per heavy atom. The summed E-state index contributed by atoms with van der Waals surface area (Å²) in [6.07, 6.45) is 2.34. The molecule has 45 heavy (non-hydrogen) atoms. The molecular weight excluding hydrogens is 668 g/mol. The number of para-hydroxylation sites is 2. The maximum Gasteiger partial charge on any atom is 0.316 e. The van der Waals surface area contributed by atoms with Gasteiger partial charge in [-0.1, -0.05) is 45.0 Å². The van der Waals surface area contributed by atoms with Crippen molar-refractivity contribution >= 4 is 37.7 Å². The second kappa shape index (κ2) is 14.7. The van der Waals surface area contributed by atoms with Crippen molar-refractivity contribution in [3.8, 4) is 29.1 Å². The quantitative estimate of drug-likeness (QED) is 0.148. The number of ether oxygens (including phenoxy) is 4. The monoisotopic (exact) mass is 702 g/mol. The molecule has 1 atom stereocenters. The summed E-state index contributed by atoms with van der Waals surface area (Å²) < 4.78 is 53.6. The summed E-state index contributed by atoms with van der Waals surface area (Å²) in [7, 11) is -2.69. The van der Waals surface area contributed by atoms with Crippen molar-refractivity contribution < 1.29 is 32.5 Å². The van der Waals surface area contributed by atoms with Crippen molar-refractivity contribution in [2.45, 2.75) is 44.1 Å². The van der Waals surface area contributed by atoms with Crippen LogP contribution in [0.1, 0.15) is 33.3 Å². The number of aliphatic hydroxyl groups excluding tert-OH is 1. The highest BCUT2D eigenvalue weighted by molar-refractivity contribution is 9.10. The first-order valence-corrected chi connectivity index (χ1v) is 16.1. The number of aliphatic hydroxyl groups is 1. The Morgan fingerprint density at radius 1 is 0.956 bits per heavy atom. The minimum Gasteiger partial charge on any atom is -0.493 e. The van der Waals surface area contributed by atoms with Crippen LogP contribution in [0.15, 0.2) is 70.3 Å². The third-order valence-corrected chi connectivity index (χ3v) is 7.85. The molecule has 0 fully saturated rings. The predicted octanol–water partition coefficient (Wildman–Crippen LogP) is 5.18. The number of nitrogens with one attached hydrogen (secondary N) is 2. The summed E-state index contributed by atoms with van der Waals surface area (Å²) >= 11 is 3.27. The minimum absolute atomic E-state index is 0.0150. The highest BCUT2D eigenvalue weighted by atomic mass is 79.9. The molecule has 1 unspecified atom stereocenters. The van der Waals surface area contributed by atoms with Crippen molar-refractivity contribution in [3.63, 3.8) is 0 Å². The third-order valence-electron chi connectivity index (χ3n) is 6.08. The first-order chi connectivity index (χ1) is 21.4. The lowest BCUT2D eigenvalue weighted by Crippen LogP contribution is -2.20. The van der Waals surface area contributed by atoms with E-state index in [1.54, 1.807) is 55.7 Å². The van der Waals surface area contributed by atoms with Crippen LogP contribution in [0.3, 0.4) is 0 Å². The van der Waals surface area contributed by atoms with Gasteiger partial charge in [-0.25, -0.2) is 18.4 Å². The van der Waals surface area contributed by atoms with E-state index >= 15 is 0 Å². The van der Waals surface area contributed by atoms with Gasteiger partial charge < -0.3 is 29.4 Å². The van der Waals surface area contributed by atoms with Gasteiger partial charge in [-0.2, -0.15) is 9.97 Å². The number of anilines is 2. The minimum atomic E-state index is -4.16. The van der Waals surface area contributed by atoms with Crippen LogP contribution in [0.2, 0.25) is 0 Å². The molecule has 2 aromatic carbocycles. The summed E-state index contributed by atoms with van der Waals surface area (Å²) in [4.78, 5) is 16.9. The molecule has 2 heterocycles. The lowest BCUT2D eigenvalue weighted by atomic mass is 9.87. The van der Waals surface area contributed by atoms with E-state index in [0.29, 0.717) is 10.2 Å². The van der Waals surface area contributed by atoms with E-state index in [2.05, 4.69) is 45.9 Å². The van der Waals surface area contributed by atoms with Crippen LogP contribution >= 0.6 is 15.9 Å². The van der Waals surface area contributed by atoms with E-state index in [9.17, 15) is 13.5 Å². The Balaban J connectivity index is 1.72. The maximum atomic E-state index is 13.6.